The molecule has 0 radical (unpaired) electrons. The molecule has 0 aliphatic heterocycles. The number of hydrogen-bond acceptors (Lipinski definition) is 46. The number of ketones is 1. The second kappa shape index (κ2) is 100. The van der Waals surface area contributed by atoms with E-state index in [4.69, 9.17) is 119 Å². The highest BCUT2D eigenvalue weighted by Crippen LogP contribution is 2.15. The van der Waals surface area contributed by atoms with Crippen LogP contribution >= 0.6 is 0 Å². The summed E-state index contributed by atoms with van der Waals surface area (Å²) in [5.41, 5.74) is 0. The van der Waals surface area contributed by atoms with Crippen LogP contribution in [0.4, 0.5) is 0 Å². The number of rotatable bonds is 111. The predicted octanol–water partition coefficient (Wildman–Crippen LogP) is -9.09. The minimum atomic E-state index is -2.00. The fraction of sp³-hybridized carbons (Fsp3) is 0.943. The van der Waals surface area contributed by atoms with Crippen LogP contribution in [0.25, 0.3) is 0 Å². The summed E-state index contributed by atoms with van der Waals surface area (Å²) in [5.74, 6) is -1.16. The molecule has 820 valence electrons. The molecule has 20 N–H and O–H groups in total. The number of ether oxygens (including phenoxy) is 24. The van der Waals surface area contributed by atoms with Gasteiger partial charge in [-0.2, -0.15) is 0 Å². The first kappa shape index (κ1) is 134. The van der Waals surface area contributed by atoms with Gasteiger partial charge in [-0.15, -0.1) is 0 Å². The average Bonchev–Trinajstić information content (AvgIpc) is 0.907. The molecule has 50 nitrogen and oxygen atoms in total. The largest absolute Gasteiger partial charge is 0.394 e. The van der Waals surface area contributed by atoms with Crippen molar-refractivity contribution in [2.24, 2.45) is 0 Å². The summed E-state index contributed by atoms with van der Waals surface area (Å²) >= 11 is 0. The van der Waals surface area contributed by atoms with Gasteiger partial charge in [0.25, 0.3) is 0 Å². The van der Waals surface area contributed by atoms with Gasteiger partial charge >= 0.3 is 0 Å². The molecule has 14 atom stereocenters. The summed E-state index contributed by atoms with van der Waals surface area (Å²) in [6.07, 6.45) is -19.5. The lowest BCUT2D eigenvalue weighted by Gasteiger charge is -2.33. The number of nitrogens with zero attached hydrogens (tertiary/aromatic N) is 1. The molecule has 0 aliphatic carbocycles. The van der Waals surface area contributed by atoms with Crippen LogP contribution in [0, 0.1) is 0 Å². The van der Waals surface area contributed by atoms with E-state index in [2.05, 4.69) is 26.6 Å². The van der Waals surface area contributed by atoms with Crippen molar-refractivity contribution >= 4 is 29.4 Å². The Hall–Kier alpha value is -4.09. The van der Waals surface area contributed by atoms with E-state index in [0.29, 0.717) is 329 Å². The maximum atomic E-state index is 13.4. The van der Waals surface area contributed by atoms with E-state index in [1.54, 1.807) is 0 Å². The summed E-state index contributed by atoms with van der Waals surface area (Å²) in [6, 6.07) is -1.68. The number of amides is 4. The molecule has 0 aromatic heterocycles. The molecule has 50 heteroatoms. The number of unbranched alkanes of at least 4 members (excludes halogenated alkanes) is 2. The van der Waals surface area contributed by atoms with Gasteiger partial charge < -0.3 is 217 Å². The third kappa shape index (κ3) is 85.2. The second-order valence-corrected chi connectivity index (χ2v) is 31.0. The zero-order valence-electron chi connectivity index (χ0n) is 81.5. The lowest BCUT2D eigenvalue weighted by molar-refractivity contribution is -0.130. The Morgan fingerprint density at radius 1 is 0.246 bits per heavy atom. The van der Waals surface area contributed by atoms with E-state index in [1.165, 1.54) is 18.7 Å². The minimum absolute atomic E-state index is 0.0306. The van der Waals surface area contributed by atoms with Gasteiger partial charge in [0.1, 0.15) is 54.9 Å². The molecular weight excluding hydrogens is 1840 g/mol. The van der Waals surface area contributed by atoms with E-state index in [0.717, 1.165) is 0 Å². The van der Waals surface area contributed by atoms with E-state index < -0.39 is 131 Å². The molecule has 0 heterocycles. The number of aliphatic hydroxyl groups is 15. The van der Waals surface area contributed by atoms with Crippen molar-refractivity contribution in [2.45, 2.75) is 157 Å². The van der Waals surface area contributed by atoms with E-state index in [1.807, 2.05) is 0 Å². The number of aliphatic hydroxyl groups excluding tert-OH is 15. The van der Waals surface area contributed by atoms with Crippen molar-refractivity contribution in [1.82, 2.24) is 31.5 Å². The normalized spacial score (nSPS) is 15.0. The van der Waals surface area contributed by atoms with E-state index in [-0.39, 0.29) is 95.3 Å². The fourth-order valence-electron chi connectivity index (χ4n) is 11.7. The van der Waals surface area contributed by atoms with Crippen LogP contribution in [-0.2, 0) is 138 Å². The topological polar surface area (TPSA) is 674 Å². The van der Waals surface area contributed by atoms with Gasteiger partial charge in [0.2, 0.25) is 23.6 Å². The smallest absolute Gasteiger partial charge is 0.237 e. The van der Waals surface area contributed by atoms with Gasteiger partial charge in [0, 0.05) is 65.6 Å². The molecule has 138 heavy (non-hydrogen) atoms. The third-order valence-electron chi connectivity index (χ3n) is 19.6. The molecule has 0 aliphatic rings. The van der Waals surface area contributed by atoms with Crippen LogP contribution in [0.5, 0.6) is 0 Å². The van der Waals surface area contributed by atoms with Crippen LogP contribution in [-0.4, -0.2) is 579 Å². The lowest BCUT2D eigenvalue weighted by atomic mass is 10.0. The first-order chi connectivity index (χ1) is 67.0. The molecule has 0 aromatic rings. The number of carbonyl (C=O) groups excluding carboxylic acids is 5. The highest BCUT2D eigenvalue weighted by atomic mass is 16.6. The highest BCUT2D eigenvalue weighted by molar-refractivity contribution is 5.87. The van der Waals surface area contributed by atoms with Crippen molar-refractivity contribution < 1.29 is 214 Å². The van der Waals surface area contributed by atoms with Gasteiger partial charge in [-0.05, 0) is 52.0 Å². The quantitative estimate of drug-likeness (QED) is 0.0252. The monoisotopic (exact) mass is 2020 g/mol. The van der Waals surface area contributed by atoms with Crippen LogP contribution in [0.3, 0.4) is 0 Å². The SMILES string of the molecule is CC(=O)NCCOCCOCCOCCOCCOCCOCCOCCOCCOCCOCCOCCOCCC(=O)NC(CCCCNC(=O)CCCOCCOCCOCCOCCOCCOCCOCCOCCOCCOCCOCCOCCNC(=O)C(CCCCN(C[C@H](O)[C@@H](O)[C@H](O)[C@H](O)CO)C[C@H](O)[C@@H](O)[C@H](O)[C@H](O)CO)NC[C@H](O)[C@@H](O)[C@H](O)[C@H](O)CO)C(C)=O. The lowest BCUT2D eigenvalue weighted by Crippen LogP contribution is -2.53. The third-order valence-corrected chi connectivity index (χ3v) is 19.6. The van der Waals surface area contributed by atoms with Crippen LogP contribution in [0.1, 0.15) is 71.6 Å². The molecular formula is C88H174N6O44. The van der Waals surface area contributed by atoms with Crippen molar-refractivity contribution in [3.63, 3.8) is 0 Å². The number of nitrogens with one attached hydrogen (secondary N) is 5. The Bertz CT molecular complexity index is 2640. The molecule has 0 bridgehead atoms. The number of carbonyl (C=O) groups is 5. The summed E-state index contributed by atoms with van der Waals surface area (Å²) in [4.78, 5) is 62.6. The highest BCUT2D eigenvalue weighted by Gasteiger charge is 2.36. The van der Waals surface area contributed by atoms with Crippen molar-refractivity contribution in [3.05, 3.63) is 0 Å². The van der Waals surface area contributed by atoms with Gasteiger partial charge in [0.05, 0.1) is 361 Å². The van der Waals surface area contributed by atoms with Gasteiger partial charge in [-0.3, -0.25) is 28.9 Å². The molecule has 0 saturated carbocycles. The first-order valence-corrected chi connectivity index (χ1v) is 47.9. The van der Waals surface area contributed by atoms with Crippen LogP contribution in [0.2, 0.25) is 0 Å². The van der Waals surface area contributed by atoms with Crippen molar-refractivity contribution in [3.8, 4) is 0 Å². The number of hydrogen-bond donors (Lipinski definition) is 20. The fourth-order valence-corrected chi connectivity index (χ4v) is 11.7. The van der Waals surface area contributed by atoms with E-state index in [9.17, 15) is 95.5 Å². The zero-order chi connectivity index (χ0) is 101. The maximum Gasteiger partial charge on any atom is 0.237 e. The molecule has 0 fully saturated rings. The van der Waals surface area contributed by atoms with Gasteiger partial charge in [0.15, 0.2) is 5.78 Å². The van der Waals surface area contributed by atoms with Crippen LogP contribution < -0.4 is 26.6 Å². The molecule has 0 aromatic carbocycles. The standard InChI is InChI=1S/C88H174N6O44/c1-70(98)72(93-81(107)11-17-116-21-25-120-29-33-124-37-41-128-45-49-132-53-57-136-61-63-137-58-54-133-50-46-129-42-38-125-34-30-121-26-22-117-18-13-89-71(2)99)8-3-5-12-90-80(106)10-7-16-115-20-24-119-28-32-123-36-40-127-44-48-131-52-56-135-60-62-138-59-55-134-51-47-130-43-39-126-35-31-122-27-23-118-19-14-91-88(114)73(92-64-74(100)82(108)85(111)77(103)67-95)9-4-6-15-94(65-75(101)83(109)86(112)78(104)68-96)66-76(102)84(110)87(113)79(105)69-97/h72-79,82-87,92,95-97,100-105,108-113H,3-69H2,1-2H3,(H,89,99)(H,90,106)(H,91,114)(H,93,107)/t72?,73?,74-,75-,76-,77+,78+,79+,82+,83+,84+,85+,86+,87+/m0/s1. The summed E-state index contributed by atoms with van der Waals surface area (Å²) in [6.45, 7) is 18.2. The second-order valence-electron chi connectivity index (χ2n) is 31.0. The Morgan fingerprint density at radius 2 is 0.500 bits per heavy atom. The molecule has 2 unspecified atom stereocenters. The number of Topliss-reactive ketones (excluding diaryl/α,β-unsaturated/α-hetero) is 1. The summed E-state index contributed by atoms with van der Waals surface area (Å²) in [7, 11) is 0. The van der Waals surface area contributed by atoms with Gasteiger partial charge in [-0.1, -0.05) is 6.42 Å². The Kier molecular flexibility index (Phi) is 97.2. The van der Waals surface area contributed by atoms with E-state index >= 15 is 0 Å². The van der Waals surface area contributed by atoms with Crippen LogP contribution in [0.15, 0.2) is 0 Å². The molecule has 0 saturated heterocycles. The van der Waals surface area contributed by atoms with Gasteiger partial charge in [-0.25, -0.2) is 0 Å². The summed E-state index contributed by atoms with van der Waals surface area (Å²) in [5, 5.41) is 164. The van der Waals surface area contributed by atoms with Crippen molar-refractivity contribution in [2.75, 3.05) is 383 Å². The Morgan fingerprint density at radius 3 is 0.790 bits per heavy atom. The predicted molar refractivity (Wildman–Crippen MR) is 490 cm³/mol. The summed E-state index contributed by atoms with van der Waals surface area (Å²) < 4.78 is 132. The minimum Gasteiger partial charge on any atom is -0.394 e. The molecule has 4 amide bonds. The maximum absolute atomic E-state index is 13.4. The van der Waals surface area contributed by atoms with Crippen molar-refractivity contribution in [1.29, 1.82) is 0 Å². The molecule has 0 spiro atoms. The Balaban J connectivity index is 3.76. The Labute approximate surface area is 811 Å². The first-order valence-electron chi connectivity index (χ1n) is 47.9. The molecule has 0 rings (SSSR count). The average molecular weight is 2020 g/mol. The zero-order valence-corrected chi connectivity index (χ0v) is 81.5.